The zero-order valence-electron chi connectivity index (χ0n) is 31.0. The molecule has 16 heteroatoms. The Labute approximate surface area is 324 Å². The normalized spacial score (nSPS) is 19.7. The molecular formula is C40H49N11O5. The maximum Gasteiger partial charge on any atom is 0.243 e. The lowest BCUT2D eigenvalue weighted by atomic mass is 9.98. The van der Waals surface area contributed by atoms with Crippen LogP contribution in [0.3, 0.4) is 0 Å². The predicted octanol–water partition coefficient (Wildman–Crippen LogP) is -0.0456. The van der Waals surface area contributed by atoms with Crippen molar-refractivity contribution >= 4 is 63.0 Å². The number of hydrogen-bond acceptors (Lipinski definition) is 7. The number of rotatable bonds is 12. The molecule has 4 aromatic carbocycles. The molecule has 0 unspecified atom stereocenters. The molecule has 16 nitrogen and oxygen atoms in total. The van der Waals surface area contributed by atoms with Crippen LogP contribution in [0.4, 0.5) is 0 Å². The highest BCUT2D eigenvalue weighted by Gasteiger charge is 2.32. The van der Waals surface area contributed by atoms with E-state index in [0.717, 1.165) is 32.7 Å². The van der Waals surface area contributed by atoms with Crippen LogP contribution >= 0.6 is 0 Å². The molecule has 1 aliphatic heterocycles. The predicted molar refractivity (Wildman–Crippen MR) is 216 cm³/mol. The molecule has 4 atom stereocenters. The molecule has 5 rings (SSSR count). The van der Waals surface area contributed by atoms with E-state index < -0.39 is 60.2 Å². The molecular weight excluding hydrogens is 715 g/mol. The summed E-state index contributed by atoms with van der Waals surface area (Å²) in [6.07, 6.45) is 0.936. The number of hydrogen-bond donors (Lipinski definition) is 9. The van der Waals surface area contributed by atoms with Gasteiger partial charge in [-0.1, -0.05) is 84.9 Å². The van der Waals surface area contributed by atoms with Crippen LogP contribution in [0.25, 0.3) is 21.5 Å². The Bertz CT molecular complexity index is 2110. The van der Waals surface area contributed by atoms with Gasteiger partial charge in [-0.2, -0.15) is 0 Å². The fourth-order valence-corrected chi connectivity index (χ4v) is 6.61. The van der Waals surface area contributed by atoms with E-state index in [1.54, 1.807) is 0 Å². The number of nitrogens with one attached hydrogen (secondary N) is 5. The van der Waals surface area contributed by atoms with Gasteiger partial charge in [-0.25, -0.2) is 0 Å². The highest BCUT2D eigenvalue weighted by Crippen LogP contribution is 2.21. The molecule has 1 fully saturated rings. The number of aliphatic imine (C=N–C) groups is 2. The van der Waals surface area contributed by atoms with Gasteiger partial charge in [0.1, 0.15) is 24.2 Å². The first-order chi connectivity index (χ1) is 27.0. The lowest BCUT2D eigenvalue weighted by molar-refractivity contribution is -0.134. The van der Waals surface area contributed by atoms with E-state index in [9.17, 15) is 24.0 Å². The molecule has 4 aromatic rings. The van der Waals surface area contributed by atoms with Crippen LogP contribution in [-0.4, -0.2) is 85.3 Å². The highest BCUT2D eigenvalue weighted by atomic mass is 16.2. The van der Waals surface area contributed by atoms with Crippen LogP contribution in [0.5, 0.6) is 0 Å². The molecule has 0 bridgehead atoms. The largest absolute Gasteiger partial charge is 0.370 e. The summed E-state index contributed by atoms with van der Waals surface area (Å²) in [5.41, 5.74) is 23.6. The van der Waals surface area contributed by atoms with Crippen LogP contribution in [0.1, 0.15) is 36.8 Å². The number of fused-ring (bicyclic) bond motifs is 2. The van der Waals surface area contributed by atoms with E-state index in [1.165, 1.54) is 0 Å². The zero-order chi connectivity index (χ0) is 40.0. The summed E-state index contributed by atoms with van der Waals surface area (Å²) in [6, 6.07) is 22.2. The minimum absolute atomic E-state index is 0.0766. The van der Waals surface area contributed by atoms with Gasteiger partial charge in [-0.05, 0) is 58.4 Å². The van der Waals surface area contributed by atoms with Gasteiger partial charge in [0.05, 0.1) is 6.54 Å². The molecule has 1 heterocycles. The van der Waals surface area contributed by atoms with E-state index in [2.05, 4.69) is 36.6 Å². The number of guanidine groups is 2. The molecule has 0 spiro atoms. The van der Waals surface area contributed by atoms with Gasteiger partial charge in [0.2, 0.25) is 29.5 Å². The number of carbonyl (C=O) groups is 5. The van der Waals surface area contributed by atoms with Gasteiger partial charge in [0, 0.05) is 25.9 Å². The monoisotopic (exact) mass is 763 g/mol. The lowest BCUT2D eigenvalue weighted by Gasteiger charge is -2.26. The average molecular weight is 764 g/mol. The van der Waals surface area contributed by atoms with Crippen molar-refractivity contribution < 1.29 is 24.0 Å². The van der Waals surface area contributed by atoms with Gasteiger partial charge in [-0.15, -0.1) is 0 Å². The first kappa shape index (κ1) is 40.5. The van der Waals surface area contributed by atoms with E-state index in [0.29, 0.717) is 12.8 Å². The molecule has 1 saturated heterocycles. The van der Waals surface area contributed by atoms with Gasteiger partial charge in [0.25, 0.3) is 0 Å². The number of nitrogens with two attached hydrogens (primary N) is 4. The topological polar surface area (TPSA) is 274 Å². The molecule has 56 heavy (non-hydrogen) atoms. The summed E-state index contributed by atoms with van der Waals surface area (Å²) in [5, 5.41) is 17.5. The first-order valence-electron chi connectivity index (χ1n) is 18.5. The summed E-state index contributed by atoms with van der Waals surface area (Å²) in [4.78, 5) is 77.4. The van der Waals surface area contributed by atoms with Crippen LogP contribution < -0.4 is 49.5 Å². The van der Waals surface area contributed by atoms with E-state index in [4.69, 9.17) is 22.9 Å². The summed E-state index contributed by atoms with van der Waals surface area (Å²) in [6.45, 7) is -0.139. The second-order valence-electron chi connectivity index (χ2n) is 13.6. The summed E-state index contributed by atoms with van der Waals surface area (Å²) in [7, 11) is 0. The first-order valence-corrected chi connectivity index (χ1v) is 18.5. The summed E-state index contributed by atoms with van der Waals surface area (Å²) in [5.74, 6) is -3.48. The third-order valence-electron chi connectivity index (χ3n) is 9.42. The van der Waals surface area contributed by atoms with Crippen LogP contribution in [-0.2, 0) is 36.8 Å². The van der Waals surface area contributed by atoms with Crippen molar-refractivity contribution in [2.75, 3.05) is 19.6 Å². The maximum atomic E-state index is 14.1. The number of benzene rings is 4. The maximum absolute atomic E-state index is 14.1. The van der Waals surface area contributed by atoms with E-state index in [1.807, 2.05) is 84.9 Å². The van der Waals surface area contributed by atoms with Crippen molar-refractivity contribution in [3.63, 3.8) is 0 Å². The van der Waals surface area contributed by atoms with Crippen molar-refractivity contribution in [1.82, 2.24) is 26.6 Å². The molecule has 0 saturated carbocycles. The average Bonchev–Trinajstić information content (AvgIpc) is 3.18. The molecule has 0 radical (unpaired) electrons. The van der Waals surface area contributed by atoms with Crippen molar-refractivity contribution in [2.45, 2.75) is 62.7 Å². The SMILES string of the molecule is NC(N)=NCCC[C@@H]1NC(=O)[C@@H](CCCN=C(N)N)NC(=O)[C@H](Cc2cccc3ccccc23)NC(=O)CNC(=O)[C@H](Cc2ccc3ccccc3c2)NC1=O. The Morgan fingerprint density at radius 1 is 0.554 bits per heavy atom. The molecule has 294 valence electrons. The number of nitrogens with zero attached hydrogens (tertiary/aromatic N) is 2. The van der Waals surface area contributed by atoms with Gasteiger partial charge < -0.3 is 49.5 Å². The standard InChI is InChI=1S/C40H49N11O5/c41-39(42)45-18-6-14-30-36(54)49-31(15-7-19-46-40(43)44)37(55)51-32(21-24-16-17-25-8-1-2-10-27(25)20-24)35(53)47-23-34(52)48-33(38(56)50-30)22-28-12-5-11-26-9-3-4-13-29(26)28/h1-5,8-13,16-17,20,30-33H,6-7,14-15,18-19,21-23H2,(H,47,53)(H,48,52)(H,49,54)(H,50,56)(H,51,55)(H4,41,42,45)(H4,43,44,46)/t30-,31+,32+,33+/m1/s1. The Morgan fingerprint density at radius 2 is 1.09 bits per heavy atom. The minimum atomic E-state index is -1.16. The number of carbonyl (C=O) groups excluding carboxylic acids is 5. The van der Waals surface area contributed by atoms with E-state index >= 15 is 0 Å². The van der Waals surface area contributed by atoms with Crippen molar-refractivity contribution in [3.05, 3.63) is 96.1 Å². The molecule has 5 amide bonds. The van der Waals surface area contributed by atoms with Crippen molar-refractivity contribution in [3.8, 4) is 0 Å². The Kier molecular flexibility index (Phi) is 14.1. The number of amides is 5. The van der Waals surface area contributed by atoms with Crippen LogP contribution in [0.2, 0.25) is 0 Å². The second kappa shape index (κ2) is 19.6. The highest BCUT2D eigenvalue weighted by molar-refractivity contribution is 5.98. The van der Waals surface area contributed by atoms with Gasteiger partial charge in [0.15, 0.2) is 11.9 Å². The quantitative estimate of drug-likeness (QED) is 0.0531. The lowest BCUT2D eigenvalue weighted by Crippen LogP contribution is -2.58. The van der Waals surface area contributed by atoms with Gasteiger partial charge in [-0.3, -0.25) is 34.0 Å². The summed E-state index contributed by atoms with van der Waals surface area (Å²) >= 11 is 0. The Balaban J connectivity index is 1.48. The Morgan fingerprint density at radius 3 is 1.73 bits per heavy atom. The third-order valence-corrected chi connectivity index (χ3v) is 9.42. The van der Waals surface area contributed by atoms with E-state index in [-0.39, 0.29) is 50.7 Å². The fraction of sp³-hybridized carbons (Fsp3) is 0.325. The Hall–Kier alpha value is -6.71. The second-order valence-corrected chi connectivity index (χ2v) is 13.6. The molecule has 0 aromatic heterocycles. The van der Waals surface area contributed by atoms with Crippen LogP contribution in [0.15, 0.2) is 94.9 Å². The fourth-order valence-electron chi connectivity index (χ4n) is 6.61. The summed E-state index contributed by atoms with van der Waals surface area (Å²) < 4.78 is 0. The minimum Gasteiger partial charge on any atom is -0.370 e. The molecule has 0 aliphatic carbocycles. The molecule has 13 N–H and O–H groups in total. The van der Waals surface area contributed by atoms with Crippen molar-refractivity contribution in [1.29, 1.82) is 0 Å². The smallest absolute Gasteiger partial charge is 0.243 e. The molecule has 1 aliphatic rings. The van der Waals surface area contributed by atoms with Gasteiger partial charge >= 0.3 is 0 Å². The third kappa shape index (κ3) is 11.6. The zero-order valence-corrected chi connectivity index (χ0v) is 31.0. The van der Waals surface area contributed by atoms with Crippen LogP contribution in [0, 0.1) is 0 Å². The van der Waals surface area contributed by atoms with Crippen molar-refractivity contribution in [2.24, 2.45) is 32.9 Å².